The summed E-state index contributed by atoms with van der Waals surface area (Å²) in [4.78, 5) is 41.1. The first-order valence-corrected chi connectivity index (χ1v) is 9.57. The summed E-state index contributed by atoms with van der Waals surface area (Å²) in [5, 5.41) is 4.80. The van der Waals surface area contributed by atoms with Gasteiger partial charge in [-0.1, -0.05) is 31.3 Å². The van der Waals surface area contributed by atoms with Crippen LogP contribution in [0, 0.1) is 12.8 Å². The monoisotopic (exact) mass is 380 g/mol. The van der Waals surface area contributed by atoms with E-state index >= 15 is 0 Å². The van der Waals surface area contributed by atoms with Crippen LogP contribution in [-0.2, 0) is 9.53 Å². The molecule has 0 bridgehead atoms. The molecular weight excluding hydrogens is 360 g/mol. The van der Waals surface area contributed by atoms with Gasteiger partial charge in [0, 0.05) is 12.8 Å². The number of anilines is 1. The van der Waals surface area contributed by atoms with Crippen LogP contribution in [-0.4, -0.2) is 29.3 Å². The van der Waals surface area contributed by atoms with Crippen LogP contribution in [0.4, 0.5) is 5.13 Å². The van der Waals surface area contributed by atoms with Gasteiger partial charge in [-0.15, -0.1) is 11.3 Å². The van der Waals surface area contributed by atoms with Crippen molar-refractivity contribution in [1.29, 1.82) is 0 Å². The summed E-state index contributed by atoms with van der Waals surface area (Å²) >= 11 is 2.44. The lowest BCUT2D eigenvalue weighted by molar-refractivity contribution is -0.116. The first kappa shape index (κ1) is 19.3. The number of esters is 1. The number of thiophene rings is 1. The van der Waals surface area contributed by atoms with E-state index in [0.29, 0.717) is 27.2 Å². The molecular formula is C17H20N2O4S2. The molecule has 0 aromatic carbocycles. The second kappa shape index (κ2) is 8.87. The Hall–Kier alpha value is -2.06. The molecule has 0 aliphatic rings. The number of ketones is 1. The van der Waals surface area contributed by atoms with E-state index < -0.39 is 5.97 Å². The van der Waals surface area contributed by atoms with Gasteiger partial charge in [0.1, 0.15) is 4.88 Å². The molecule has 0 unspecified atom stereocenters. The molecule has 0 aliphatic carbocycles. The fraction of sp³-hybridized carbons (Fsp3) is 0.412. The van der Waals surface area contributed by atoms with Crippen molar-refractivity contribution in [2.75, 3.05) is 11.9 Å². The fourth-order valence-corrected chi connectivity index (χ4v) is 3.49. The van der Waals surface area contributed by atoms with Gasteiger partial charge in [0.15, 0.2) is 10.9 Å². The zero-order valence-corrected chi connectivity index (χ0v) is 16.0. The number of hydrogen-bond donors (Lipinski definition) is 1. The fourth-order valence-electron chi connectivity index (χ4n) is 1.92. The first-order chi connectivity index (χ1) is 11.9. The number of carbonyl (C=O) groups excluding carboxylic acids is 3. The lowest BCUT2D eigenvalue weighted by Gasteiger charge is -2.05. The van der Waals surface area contributed by atoms with E-state index in [1.54, 1.807) is 19.1 Å². The topological polar surface area (TPSA) is 85.4 Å². The number of rotatable bonds is 8. The van der Waals surface area contributed by atoms with E-state index in [4.69, 9.17) is 4.74 Å². The number of amides is 1. The molecule has 0 fully saturated rings. The molecule has 0 aliphatic heterocycles. The number of aryl methyl sites for hydroxylation is 1. The van der Waals surface area contributed by atoms with E-state index in [0.717, 1.165) is 11.3 Å². The highest BCUT2D eigenvalue weighted by molar-refractivity contribution is 7.17. The van der Waals surface area contributed by atoms with Crippen LogP contribution in [0.3, 0.4) is 0 Å². The molecule has 0 saturated heterocycles. The van der Waals surface area contributed by atoms with Gasteiger partial charge in [0.25, 0.3) is 0 Å². The quantitative estimate of drug-likeness (QED) is 0.554. The van der Waals surface area contributed by atoms with E-state index in [2.05, 4.69) is 10.3 Å². The smallest absolute Gasteiger partial charge is 0.350 e. The summed E-state index contributed by atoms with van der Waals surface area (Å²) in [5.74, 6) is -0.548. The van der Waals surface area contributed by atoms with E-state index in [1.165, 1.54) is 11.3 Å². The number of thiazole rings is 1. The molecule has 6 nitrogen and oxygen atoms in total. The third-order valence-corrected chi connectivity index (χ3v) is 5.12. The molecule has 0 saturated carbocycles. The van der Waals surface area contributed by atoms with Crippen LogP contribution >= 0.6 is 22.7 Å². The molecule has 25 heavy (non-hydrogen) atoms. The zero-order chi connectivity index (χ0) is 18.4. The maximum absolute atomic E-state index is 12.0. The molecule has 2 aromatic heterocycles. The molecule has 0 spiro atoms. The first-order valence-electron chi connectivity index (χ1n) is 7.88. The molecule has 1 amide bonds. The van der Waals surface area contributed by atoms with Crippen LogP contribution in [0.2, 0.25) is 0 Å². The molecule has 1 N–H and O–H groups in total. The lowest BCUT2D eigenvalue weighted by atomic mass is 10.2. The summed E-state index contributed by atoms with van der Waals surface area (Å²) in [6, 6.07) is 3.54. The van der Waals surface area contributed by atoms with E-state index in [-0.39, 0.29) is 30.4 Å². The minimum Gasteiger partial charge on any atom is -0.461 e. The number of ether oxygens (including phenoxy) is 1. The highest BCUT2D eigenvalue weighted by atomic mass is 32.1. The third kappa shape index (κ3) is 5.75. The number of hydrogen-bond acceptors (Lipinski definition) is 7. The Kier molecular flexibility index (Phi) is 6.83. The molecule has 134 valence electrons. The van der Waals surface area contributed by atoms with Gasteiger partial charge in [0.2, 0.25) is 5.91 Å². The SMILES string of the molecule is Cc1nc(NC(=O)CCC(=O)c2cccs2)sc1C(=O)OCC(C)C. The Morgan fingerprint density at radius 2 is 2.04 bits per heavy atom. The molecule has 2 heterocycles. The van der Waals surface area contributed by atoms with Crippen LogP contribution in [0.15, 0.2) is 17.5 Å². The standard InChI is InChI=1S/C17H20N2O4S2/c1-10(2)9-23-16(22)15-11(3)18-17(25-15)19-14(21)7-6-12(20)13-5-4-8-24-13/h4-5,8,10H,6-7,9H2,1-3H3,(H,18,19,21). The van der Waals surface area contributed by atoms with Gasteiger partial charge in [-0.05, 0) is 24.3 Å². The lowest BCUT2D eigenvalue weighted by Crippen LogP contribution is -2.13. The highest BCUT2D eigenvalue weighted by Crippen LogP contribution is 2.24. The normalized spacial score (nSPS) is 10.7. The minimum absolute atomic E-state index is 0.0570. The Balaban J connectivity index is 1.87. The predicted octanol–water partition coefficient (Wildman–Crippen LogP) is 3.93. The second-order valence-electron chi connectivity index (χ2n) is 5.87. The summed E-state index contributed by atoms with van der Waals surface area (Å²) in [6.45, 7) is 5.94. The highest BCUT2D eigenvalue weighted by Gasteiger charge is 2.18. The molecule has 2 rings (SSSR count). The van der Waals surface area contributed by atoms with Crippen LogP contribution in [0.5, 0.6) is 0 Å². The Morgan fingerprint density at radius 1 is 1.28 bits per heavy atom. The molecule has 0 atom stereocenters. The van der Waals surface area contributed by atoms with Gasteiger partial charge in [-0.25, -0.2) is 9.78 Å². The number of aromatic nitrogens is 1. The second-order valence-corrected chi connectivity index (χ2v) is 7.82. The van der Waals surface area contributed by atoms with Crippen molar-refractivity contribution in [3.63, 3.8) is 0 Å². The summed E-state index contributed by atoms with van der Waals surface area (Å²) < 4.78 is 5.18. The largest absolute Gasteiger partial charge is 0.461 e. The number of carbonyl (C=O) groups is 3. The minimum atomic E-state index is -0.433. The summed E-state index contributed by atoms with van der Waals surface area (Å²) in [7, 11) is 0. The van der Waals surface area contributed by atoms with Crippen LogP contribution in [0.25, 0.3) is 0 Å². The van der Waals surface area contributed by atoms with Crippen molar-refractivity contribution in [3.8, 4) is 0 Å². The Bertz CT molecular complexity index is 751. The van der Waals surface area contributed by atoms with Crippen molar-refractivity contribution in [1.82, 2.24) is 4.98 Å². The maximum atomic E-state index is 12.0. The number of Topliss-reactive ketones (excluding diaryl/α,β-unsaturated/α-hetero) is 1. The van der Waals surface area contributed by atoms with Crippen LogP contribution < -0.4 is 5.32 Å². The predicted molar refractivity (Wildman–Crippen MR) is 98.5 cm³/mol. The van der Waals surface area contributed by atoms with Gasteiger partial charge in [-0.2, -0.15) is 0 Å². The third-order valence-electron chi connectivity index (χ3n) is 3.15. The van der Waals surface area contributed by atoms with Crippen molar-refractivity contribution < 1.29 is 19.1 Å². The van der Waals surface area contributed by atoms with Gasteiger partial charge < -0.3 is 10.1 Å². The molecule has 0 radical (unpaired) electrons. The average molecular weight is 380 g/mol. The zero-order valence-electron chi connectivity index (χ0n) is 14.3. The van der Waals surface area contributed by atoms with E-state index in [1.807, 2.05) is 19.2 Å². The summed E-state index contributed by atoms with van der Waals surface area (Å²) in [5.41, 5.74) is 0.517. The van der Waals surface area contributed by atoms with Gasteiger partial charge in [0.05, 0.1) is 17.2 Å². The number of nitrogens with zero attached hydrogens (tertiary/aromatic N) is 1. The maximum Gasteiger partial charge on any atom is 0.350 e. The average Bonchev–Trinajstić information content (AvgIpc) is 3.20. The van der Waals surface area contributed by atoms with Crippen molar-refractivity contribution in [2.24, 2.45) is 5.92 Å². The molecule has 2 aromatic rings. The Morgan fingerprint density at radius 3 is 2.68 bits per heavy atom. The number of nitrogens with one attached hydrogen (secondary N) is 1. The van der Waals surface area contributed by atoms with Crippen molar-refractivity contribution in [3.05, 3.63) is 33.0 Å². The van der Waals surface area contributed by atoms with E-state index in [9.17, 15) is 14.4 Å². The van der Waals surface area contributed by atoms with Crippen molar-refractivity contribution >= 4 is 45.5 Å². The summed E-state index contributed by atoms with van der Waals surface area (Å²) in [6.07, 6.45) is 0.211. The van der Waals surface area contributed by atoms with Crippen LogP contribution in [0.1, 0.15) is 51.7 Å². The van der Waals surface area contributed by atoms with Crippen molar-refractivity contribution in [2.45, 2.75) is 33.6 Å². The molecule has 8 heteroatoms. The Labute approximate surface area is 154 Å². The van der Waals surface area contributed by atoms with Gasteiger partial charge in [-0.3, -0.25) is 9.59 Å². The van der Waals surface area contributed by atoms with Gasteiger partial charge >= 0.3 is 5.97 Å².